The Hall–Kier alpha value is -2.15. The van der Waals surface area contributed by atoms with Gasteiger partial charge < -0.3 is 4.74 Å². The number of carbonyl (C=O) groups excluding carboxylic acids is 2. The summed E-state index contributed by atoms with van der Waals surface area (Å²) >= 11 is 5.00. The van der Waals surface area contributed by atoms with Gasteiger partial charge in [0.1, 0.15) is 5.75 Å². The van der Waals surface area contributed by atoms with Crippen molar-refractivity contribution in [1.82, 2.24) is 16.2 Å². The highest BCUT2D eigenvalue weighted by Gasteiger charge is 2.09. The minimum Gasteiger partial charge on any atom is -0.491 e. The van der Waals surface area contributed by atoms with Gasteiger partial charge in [0.15, 0.2) is 5.11 Å². The fourth-order valence-corrected chi connectivity index (χ4v) is 2.08. The number of carbonyl (C=O) groups is 2. The first-order chi connectivity index (χ1) is 12.0. The predicted molar refractivity (Wildman–Crippen MR) is 102 cm³/mol. The lowest BCUT2D eigenvalue weighted by molar-refractivity contribution is -0.121. The van der Waals surface area contributed by atoms with Crippen molar-refractivity contribution in [1.29, 1.82) is 0 Å². The second-order valence-electron chi connectivity index (χ2n) is 5.77. The number of benzene rings is 1. The average molecular weight is 365 g/mol. The minimum atomic E-state index is -0.354. The summed E-state index contributed by atoms with van der Waals surface area (Å²) in [6.07, 6.45) is 4.34. The van der Waals surface area contributed by atoms with Crippen LogP contribution in [0, 0.1) is 0 Å². The molecule has 0 spiro atoms. The molecule has 25 heavy (non-hydrogen) atoms. The monoisotopic (exact) mass is 365 g/mol. The summed E-state index contributed by atoms with van der Waals surface area (Å²) in [6.45, 7) is 6.11. The van der Waals surface area contributed by atoms with Gasteiger partial charge in [-0.2, -0.15) is 0 Å². The zero-order valence-corrected chi connectivity index (χ0v) is 15.9. The molecular weight excluding hydrogens is 338 g/mol. The van der Waals surface area contributed by atoms with Crippen LogP contribution in [0.25, 0.3) is 0 Å². The van der Waals surface area contributed by atoms with Crippen LogP contribution in [0.15, 0.2) is 24.3 Å². The van der Waals surface area contributed by atoms with E-state index in [-0.39, 0.29) is 23.0 Å². The van der Waals surface area contributed by atoms with E-state index in [1.807, 2.05) is 13.8 Å². The summed E-state index contributed by atoms with van der Waals surface area (Å²) in [5, 5.41) is 2.57. The highest BCUT2D eigenvalue weighted by molar-refractivity contribution is 7.80. The van der Waals surface area contributed by atoms with E-state index in [1.54, 1.807) is 24.3 Å². The first kappa shape index (κ1) is 20.9. The van der Waals surface area contributed by atoms with Crippen molar-refractivity contribution < 1.29 is 14.3 Å². The summed E-state index contributed by atoms with van der Waals surface area (Å²) in [4.78, 5) is 23.7. The van der Waals surface area contributed by atoms with E-state index in [9.17, 15) is 9.59 Å². The van der Waals surface area contributed by atoms with Crippen LogP contribution in [0.5, 0.6) is 5.75 Å². The number of hydrogen-bond acceptors (Lipinski definition) is 4. The zero-order chi connectivity index (χ0) is 18.7. The topological polar surface area (TPSA) is 79.5 Å². The van der Waals surface area contributed by atoms with Gasteiger partial charge >= 0.3 is 0 Å². The van der Waals surface area contributed by atoms with Gasteiger partial charge in [0.2, 0.25) is 5.91 Å². The van der Waals surface area contributed by atoms with Crippen LogP contribution >= 0.6 is 12.2 Å². The van der Waals surface area contributed by atoms with Gasteiger partial charge in [-0.05, 0) is 56.2 Å². The molecule has 6 nitrogen and oxygen atoms in total. The molecule has 1 atom stereocenters. The molecule has 0 aliphatic heterocycles. The molecule has 0 radical (unpaired) electrons. The first-order valence-electron chi connectivity index (χ1n) is 8.63. The summed E-state index contributed by atoms with van der Waals surface area (Å²) < 4.78 is 5.67. The molecule has 1 aromatic rings. The predicted octanol–water partition coefficient (Wildman–Crippen LogP) is 3.08. The van der Waals surface area contributed by atoms with Gasteiger partial charge in [-0.25, -0.2) is 0 Å². The SMILES string of the molecule is CCCCCC(=O)NNC(=S)NC(=O)c1ccc(OC(C)CC)cc1. The van der Waals surface area contributed by atoms with E-state index in [0.717, 1.165) is 25.7 Å². The fraction of sp³-hybridized carbons (Fsp3) is 0.500. The number of amides is 2. The van der Waals surface area contributed by atoms with E-state index in [0.29, 0.717) is 17.7 Å². The molecule has 0 aliphatic carbocycles. The summed E-state index contributed by atoms with van der Waals surface area (Å²) in [5.41, 5.74) is 5.45. The van der Waals surface area contributed by atoms with Crippen LogP contribution in [0.1, 0.15) is 63.2 Å². The number of unbranched alkanes of at least 4 members (excludes halogenated alkanes) is 2. The highest BCUT2D eigenvalue weighted by Crippen LogP contribution is 2.14. The maximum Gasteiger partial charge on any atom is 0.257 e. The maximum atomic E-state index is 12.1. The number of nitrogens with one attached hydrogen (secondary N) is 3. The molecule has 1 aromatic carbocycles. The normalized spacial score (nSPS) is 11.3. The van der Waals surface area contributed by atoms with Crippen LogP contribution in [-0.2, 0) is 4.79 Å². The lowest BCUT2D eigenvalue weighted by atomic mass is 10.2. The third-order valence-corrected chi connectivity index (χ3v) is 3.78. The van der Waals surface area contributed by atoms with Crippen molar-refractivity contribution >= 4 is 29.1 Å². The van der Waals surface area contributed by atoms with Crippen LogP contribution in [-0.4, -0.2) is 23.0 Å². The average Bonchev–Trinajstić information content (AvgIpc) is 2.60. The van der Waals surface area contributed by atoms with E-state index >= 15 is 0 Å². The first-order valence-corrected chi connectivity index (χ1v) is 9.04. The summed E-state index contributed by atoms with van der Waals surface area (Å²) in [6, 6.07) is 6.82. The molecule has 2 amide bonds. The Kier molecular flexibility index (Phi) is 9.54. The van der Waals surface area contributed by atoms with E-state index in [4.69, 9.17) is 17.0 Å². The fourth-order valence-electron chi connectivity index (χ4n) is 1.93. The van der Waals surface area contributed by atoms with E-state index in [1.165, 1.54) is 0 Å². The second kappa shape index (κ2) is 11.4. The van der Waals surface area contributed by atoms with E-state index in [2.05, 4.69) is 23.1 Å². The van der Waals surface area contributed by atoms with Crippen molar-refractivity contribution in [2.24, 2.45) is 0 Å². The number of rotatable bonds is 8. The largest absolute Gasteiger partial charge is 0.491 e. The number of hydrazine groups is 1. The van der Waals surface area contributed by atoms with Crippen LogP contribution < -0.4 is 20.9 Å². The molecule has 0 bridgehead atoms. The Morgan fingerprint density at radius 1 is 1.12 bits per heavy atom. The van der Waals surface area contributed by atoms with Crippen molar-refractivity contribution in [2.75, 3.05) is 0 Å². The van der Waals surface area contributed by atoms with Gasteiger partial charge in [-0.15, -0.1) is 0 Å². The summed E-state index contributed by atoms with van der Waals surface area (Å²) in [7, 11) is 0. The summed E-state index contributed by atoms with van der Waals surface area (Å²) in [5.74, 6) is 0.204. The number of ether oxygens (including phenoxy) is 1. The lowest BCUT2D eigenvalue weighted by Crippen LogP contribution is -2.48. The van der Waals surface area contributed by atoms with Gasteiger partial charge in [0.05, 0.1) is 6.10 Å². The molecule has 7 heteroatoms. The number of thiocarbonyl (C=S) groups is 1. The molecule has 1 unspecified atom stereocenters. The third kappa shape index (κ3) is 8.49. The van der Waals surface area contributed by atoms with Crippen LogP contribution in [0.2, 0.25) is 0 Å². The van der Waals surface area contributed by atoms with Crippen molar-refractivity contribution in [2.45, 2.75) is 59.0 Å². The van der Waals surface area contributed by atoms with E-state index < -0.39 is 0 Å². The molecule has 1 rings (SSSR count). The molecular formula is C18H27N3O3S. The molecule has 138 valence electrons. The van der Waals surface area contributed by atoms with Crippen LogP contribution in [0.4, 0.5) is 0 Å². The Balaban J connectivity index is 2.39. The molecule has 0 aromatic heterocycles. The zero-order valence-electron chi connectivity index (χ0n) is 15.1. The third-order valence-electron chi connectivity index (χ3n) is 3.58. The molecule has 0 fully saturated rings. The molecule has 0 saturated heterocycles. The van der Waals surface area contributed by atoms with Crippen LogP contribution in [0.3, 0.4) is 0 Å². The van der Waals surface area contributed by atoms with Crippen molar-refractivity contribution in [3.63, 3.8) is 0 Å². The smallest absolute Gasteiger partial charge is 0.257 e. The lowest BCUT2D eigenvalue weighted by Gasteiger charge is -2.13. The van der Waals surface area contributed by atoms with Gasteiger partial charge in [-0.1, -0.05) is 26.7 Å². The maximum absolute atomic E-state index is 12.1. The highest BCUT2D eigenvalue weighted by atomic mass is 32.1. The Morgan fingerprint density at radius 3 is 2.40 bits per heavy atom. The Bertz CT molecular complexity index is 575. The molecule has 0 aliphatic rings. The van der Waals surface area contributed by atoms with Crippen molar-refractivity contribution in [3.05, 3.63) is 29.8 Å². The molecule has 0 saturated carbocycles. The molecule has 3 N–H and O–H groups in total. The van der Waals surface area contributed by atoms with Gasteiger partial charge in [0, 0.05) is 12.0 Å². The minimum absolute atomic E-state index is 0.0498. The van der Waals surface area contributed by atoms with Gasteiger partial charge in [-0.3, -0.25) is 25.8 Å². The Labute approximate surface area is 154 Å². The second-order valence-corrected chi connectivity index (χ2v) is 6.18. The standard InChI is InChI=1S/C18H27N3O3S/c1-4-6-7-8-16(22)20-21-18(25)19-17(23)14-9-11-15(12-10-14)24-13(3)5-2/h9-13H,4-8H2,1-3H3,(H,20,22)(H2,19,21,23,25). The van der Waals surface area contributed by atoms with Crippen molar-refractivity contribution in [3.8, 4) is 5.75 Å². The Morgan fingerprint density at radius 2 is 1.80 bits per heavy atom. The van der Waals surface area contributed by atoms with Gasteiger partial charge in [0.25, 0.3) is 5.91 Å². The number of hydrogen-bond donors (Lipinski definition) is 3. The quantitative estimate of drug-likeness (QED) is 0.375. The molecule has 0 heterocycles.